The van der Waals surface area contributed by atoms with Gasteiger partial charge in [0.2, 0.25) is 5.91 Å². The van der Waals surface area contributed by atoms with E-state index in [-0.39, 0.29) is 18.3 Å². The Hall–Kier alpha value is -0.770. The molecule has 0 spiro atoms. The van der Waals surface area contributed by atoms with E-state index >= 15 is 0 Å². The van der Waals surface area contributed by atoms with Gasteiger partial charge in [-0.05, 0) is 63.4 Å². The molecule has 1 aromatic carbocycles. The fourth-order valence-corrected chi connectivity index (χ4v) is 2.85. The molecule has 1 saturated heterocycles. The second-order valence-electron chi connectivity index (χ2n) is 6.08. The molecule has 5 heteroatoms. The summed E-state index contributed by atoms with van der Waals surface area (Å²) in [4.78, 5) is 12.1. The van der Waals surface area contributed by atoms with E-state index in [2.05, 4.69) is 10.6 Å². The predicted molar refractivity (Wildman–Crippen MR) is 90.1 cm³/mol. The van der Waals surface area contributed by atoms with Crippen molar-refractivity contribution in [3.8, 4) is 0 Å². The average molecular weight is 331 g/mol. The fourth-order valence-electron chi connectivity index (χ4n) is 2.66. The third-order valence-electron chi connectivity index (χ3n) is 3.94. The van der Waals surface area contributed by atoms with Gasteiger partial charge in [-0.2, -0.15) is 0 Å². The first-order valence-electron chi connectivity index (χ1n) is 7.25. The number of benzene rings is 1. The van der Waals surface area contributed by atoms with Crippen LogP contribution in [-0.4, -0.2) is 19.0 Å². The first kappa shape index (κ1) is 18.3. The monoisotopic (exact) mass is 330 g/mol. The summed E-state index contributed by atoms with van der Waals surface area (Å²) in [6.07, 6.45) is 2.74. The molecule has 1 amide bonds. The SMILES string of the molecule is CC(C)(NC(=O)CCC1CCNC1)c1cccc(Cl)c1.Cl. The Balaban J connectivity index is 0.00000220. The molecule has 3 nitrogen and oxygen atoms in total. The van der Waals surface area contributed by atoms with Crippen LogP contribution in [0, 0.1) is 5.92 Å². The van der Waals surface area contributed by atoms with Gasteiger partial charge < -0.3 is 10.6 Å². The average Bonchev–Trinajstić information content (AvgIpc) is 2.89. The van der Waals surface area contributed by atoms with Crippen LogP contribution in [0.1, 0.15) is 38.7 Å². The van der Waals surface area contributed by atoms with Crippen molar-refractivity contribution in [1.29, 1.82) is 0 Å². The highest BCUT2D eigenvalue weighted by molar-refractivity contribution is 6.30. The molecule has 21 heavy (non-hydrogen) atoms. The number of carbonyl (C=O) groups excluding carboxylic acids is 1. The molecule has 2 rings (SSSR count). The maximum atomic E-state index is 12.1. The standard InChI is InChI=1S/C16H23ClN2O.ClH/c1-16(2,13-4-3-5-14(17)10-13)19-15(20)7-6-12-8-9-18-11-12;/h3-5,10,12,18H,6-9,11H2,1-2H3,(H,19,20);1H. The van der Waals surface area contributed by atoms with E-state index in [1.807, 2.05) is 38.1 Å². The summed E-state index contributed by atoms with van der Waals surface area (Å²) in [5.41, 5.74) is 0.636. The number of hydrogen-bond donors (Lipinski definition) is 2. The summed E-state index contributed by atoms with van der Waals surface area (Å²) < 4.78 is 0. The zero-order chi connectivity index (χ0) is 14.6. The molecule has 1 fully saturated rings. The van der Waals surface area contributed by atoms with Crippen molar-refractivity contribution in [2.45, 2.75) is 38.6 Å². The van der Waals surface area contributed by atoms with Gasteiger partial charge in [0.15, 0.2) is 0 Å². The molecule has 1 aliphatic rings. The molecule has 2 N–H and O–H groups in total. The van der Waals surface area contributed by atoms with Crippen LogP contribution >= 0.6 is 24.0 Å². The van der Waals surface area contributed by atoms with Crippen LogP contribution in [0.4, 0.5) is 0 Å². The van der Waals surface area contributed by atoms with Crippen molar-refractivity contribution >= 4 is 29.9 Å². The van der Waals surface area contributed by atoms with Crippen LogP contribution in [0.15, 0.2) is 24.3 Å². The van der Waals surface area contributed by atoms with Gasteiger partial charge in [0.1, 0.15) is 0 Å². The van der Waals surface area contributed by atoms with Gasteiger partial charge in [0.25, 0.3) is 0 Å². The van der Waals surface area contributed by atoms with Crippen molar-refractivity contribution in [3.05, 3.63) is 34.9 Å². The van der Waals surface area contributed by atoms with Gasteiger partial charge in [-0.3, -0.25) is 4.79 Å². The minimum atomic E-state index is -0.393. The molecule has 1 heterocycles. The van der Waals surface area contributed by atoms with Crippen molar-refractivity contribution in [2.24, 2.45) is 5.92 Å². The third-order valence-corrected chi connectivity index (χ3v) is 4.18. The van der Waals surface area contributed by atoms with Crippen molar-refractivity contribution in [3.63, 3.8) is 0 Å². The van der Waals surface area contributed by atoms with Crippen LogP contribution in [0.5, 0.6) is 0 Å². The Bertz CT molecular complexity index is 471. The van der Waals surface area contributed by atoms with E-state index in [9.17, 15) is 4.79 Å². The van der Waals surface area contributed by atoms with Crippen LogP contribution in [0.2, 0.25) is 5.02 Å². The lowest BCUT2D eigenvalue weighted by molar-refractivity contribution is -0.123. The third kappa shape index (κ3) is 5.50. The first-order valence-corrected chi connectivity index (χ1v) is 7.63. The summed E-state index contributed by atoms with van der Waals surface area (Å²) in [7, 11) is 0. The minimum Gasteiger partial charge on any atom is -0.347 e. The number of amides is 1. The number of hydrogen-bond acceptors (Lipinski definition) is 2. The molecule has 0 radical (unpaired) electrons. The van der Waals surface area contributed by atoms with Gasteiger partial charge in [-0.15, -0.1) is 12.4 Å². The van der Waals surface area contributed by atoms with E-state index in [1.54, 1.807) is 0 Å². The molecule has 0 bridgehead atoms. The Morgan fingerprint density at radius 3 is 2.86 bits per heavy atom. The summed E-state index contributed by atoms with van der Waals surface area (Å²) in [6, 6.07) is 7.65. The number of halogens is 2. The highest BCUT2D eigenvalue weighted by Crippen LogP contribution is 2.23. The van der Waals surface area contributed by atoms with E-state index < -0.39 is 5.54 Å². The Kier molecular flexibility index (Phi) is 6.98. The Labute approximate surface area is 138 Å². The minimum absolute atomic E-state index is 0. The normalized spacial score (nSPS) is 18.1. The number of carbonyl (C=O) groups is 1. The number of nitrogens with one attached hydrogen (secondary N) is 2. The van der Waals surface area contributed by atoms with Gasteiger partial charge in [-0.25, -0.2) is 0 Å². The van der Waals surface area contributed by atoms with Crippen LogP contribution in [-0.2, 0) is 10.3 Å². The van der Waals surface area contributed by atoms with Crippen LogP contribution < -0.4 is 10.6 Å². The van der Waals surface area contributed by atoms with Gasteiger partial charge in [-0.1, -0.05) is 23.7 Å². The van der Waals surface area contributed by atoms with Gasteiger partial charge in [0, 0.05) is 11.4 Å². The van der Waals surface area contributed by atoms with E-state index in [4.69, 9.17) is 11.6 Å². The van der Waals surface area contributed by atoms with Crippen molar-refractivity contribution < 1.29 is 4.79 Å². The maximum absolute atomic E-state index is 12.1. The molecule has 1 atom stereocenters. The van der Waals surface area contributed by atoms with Crippen molar-refractivity contribution in [2.75, 3.05) is 13.1 Å². The predicted octanol–water partition coefficient (Wildman–Crippen LogP) is 3.50. The van der Waals surface area contributed by atoms with E-state index in [1.165, 1.54) is 6.42 Å². The fraction of sp³-hybridized carbons (Fsp3) is 0.562. The largest absolute Gasteiger partial charge is 0.347 e. The molecule has 1 aliphatic heterocycles. The zero-order valence-electron chi connectivity index (χ0n) is 12.6. The van der Waals surface area contributed by atoms with Crippen LogP contribution in [0.3, 0.4) is 0 Å². The summed E-state index contributed by atoms with van der Waals surface area (Å²) in [5, 5.41) is 7.13. The lowest BCUT2D eigenvalue weighted by Crippen LogP contribution is -2.41. The Morgan fingerprint density at radius 2 is 2.24 bits per heavy atom. The molecule has 0 aromatic heterocycles. The maximum Gasteiger partial charge on any atom is 0.220 e. The quantitative estimate of drug-likeness (QED) is 0.867. The van der Waals surface area contributed by atoms with E-state index in [0.29, 0.717) is 17.4 Å². The smallest absolute Gasteiger partial charge is 0.220 e. The summed E-state index contributed by atoms with van der Waals surface area (Å²) in [6.45, 7) is 6.15. The Morgan fingerprint density at radius 1 is 1.48 bits per heavy atom. The lowest BCUT2D eigenvalue weighted by Gasteiger charge is -2.27. The molecule has 1 unspecified atom stereocenters. The molecule has 0 aliphatic carbocycles. The van der Waals surface area contributed by atoms with Crippen molar-refractivity contribution in [1.82, 2.24) is 10.6 Å². The molecule has 118 valence electrons. The van der Waals surface area contributed by atoms with Gasteiger partial charge in [0.05, 0.1) is 5.54 Å². The molecular weight excluding hydrogens is 307 g/mol. The van der Waals surface area contributed by atoms with E-state index in [0.717, 1.165) is 25.1 Å². The summed E-state index contributed by atoms with van der Waals surface area (Å²) >= 11 is 6.02. The zero-order valence-corrected chi connectivity index (χ0v) is 14.2. The highest BCUT2D eigenvalue weighted by Gasteiger charge is 2.23. The van der Waals surface area contributed by atoms with Crippen LogP contribution in [0.25, 0.3) is 0 Å². The second kappa shape index (κ2) is 8.02. The molecular formula is C16H24Cl2N2O. The second-order valence-corrected chi connectivity index (χ2v) is 6.52. The first-order chi connectivity index (χ1) is 9.47. The van der Waals surface area contributed by atoms with Gasteiger partial charge >= 0.3 is 0 Å². The molecule has 0 saturated carbocycles. The summed E-state index contributed by atoms with van der Waals surface area (Å²) in [5.74, 6) is 0.761. The number of rotatable bonds is 5. The highest BCUT2D eigenvalue weighted by atomic mass is 35.5. The lowest BCUT2D eigenvalue weighted by atomic mass is 9.93. The molecule has 1 aromatic rings. The topological polar surface area (TPSA) is 41.1 Å².